The van der Waals surface area contributed by atoms with Gasteiger partial charge in [0.15, 0.2) is 0 Å². The minimum Gasteiger partial charge on any atom is -0.339 e. The Bertz CT molecular complexity index is 602. The second-order valence-corrected chi connectivity index (χ2v) is 5.35. The molecule has 2 aromatic rings. The number of anilines is 2. The normalized spacial score (nSPS) is 10.5. The van der Waals surface area contributed by atoms with Gasteiger partial charge in [0.05, 0.1) is 10.7 Å². The van der Waals surface area contributed by atoms with Gasteiger partial charge in [-0.2, -0.15) is 0 Å². The second kappa shape index (κ2) is 5.24. The second-order valence-electron chi connectivity index (χ2n) is 4.03. The van der Waals surface area contributed by atoms with Crippen molar-refractivity contribution in [3.8, 4) is 0 Å². The van der Waals surface area contributed by atoms with Crippen LogP contribution in [0.4, 0.5) is 15.9 Å². The van der Waals surface area contributed by atoms with Crippen LogP contribution in [0.1, 0.15) is 11.1 Å². The summed E-state index contributed by atoms with van der Waals surface area (Å²) in [4.78, 5) is 4.23. The van der Waals surface area contributed by atoms with Gasteiger partial charge in [-0.05, 0) is 59.1 Å². The molecule has 0 atom stereocenters. The van der Waals surface area contributed by atoms with E-state index in [4.69, 9.17) is 11.6 Å². The van der Waals surface area contributed by atoms with E-state index in [-0.39, 0.29) is 5.82 Å². The molecule has 0 fully saturated rings. The Morgan fingerprint density at radius 3 is 2.61 bits per heavy atom. The molecule has 2 rings (SSSR count). The average Bonchev–Trinajstić information content (AvgIpc) is 2.29. The maximum Gasteiger partial charge on any atom is 0.133 e. The Morgan fingerprint density at radius 2 is 1.94 bits per heavy atom. The Kier molecular flexibility index (Phi) is 3.88. The van der Waals surface area contributed by atoms with E-state index in [9.17, 15) is 4.39 Å². The lowest BCUT2D eigenvalue weighted by Gasteiger charge is -2.11. The monoisotopic (exact) mass is 328 g/mol. The van der Waals surface area contributed by atoms with Crippen molar-refractivity contribution in [2.75, 3.05) is 5.32 Å². The van der Waals surface area contributed by atoms with Crippen molar-refractivity contribution in [1.29, 1.82) is 0 Å². The third-order valence-electron chi connectivity index (χ3n) is 2.55. The van der Waals surface area contributed by atoms with E-state index in [1.54, 1.807) is 19.2 Å². The van der Waals surface area contributed by atoms with Crippen LogP contribution < -0.4 is 5.32 Å². The number of rotatable bonds is 2. The van der Waals surface area contributed by atoms with Crippen LogP contribution in [0, 0.1) is 19.7 Å². The first-order valence-corrected chi connectivity index (χ1v) is 6.49. The molecule has 94 valence electrons. The predicted molar refractivity (Wildman–Crippen MR) is 76.1 cm³/mol. The standard InChI is InChI=1S/C13H11BrClFN2/c1-7-4-10(15)12(5-11(7)16)18-13-8(2)3-9(14)6-17-13/h3-6H,1-2H3,(H,17,18). The Hall–Kier alpha value is -1.13. The SMILES string of the molecule is Cc1cc(Cl)c(Nc2ncc(Br)cc2C)cc1F. The highest BCUT2D eigenvalue weighted by atomic mass is 79.9. The molecule has 0 saturated carbocycles. The van der Waals surface area contributed by atoms with Crippen LogP contribution in [0.25, 0.3) is 0 Å². The summed E-state index contributed by atoms with van der Waals surface area (Å²) >= 11 is 9.41. The molecule has 0 radical (unpaired) electrons. The molecule has 0 unspecified atom stereocenters. The summed E-state index contributed by atoms with van der Waals surface area (Å²) < 4.78 is 14.4. The van der Waals surface area contributed by atoms with Crippen LogP contribution in [0.15, 0.2) is 28.9 Å². The summed E-state index contributed by atoms with van der Waals surface area (Å²) in [5.41, 5.74) is 1.98. The van der Waals surface area contributed by atoms with E-state index in [0.717, 1.165) is 10.0 Å². The summed E-state index contributed by atoms with van der Waals surface area (Å²) in [6.45, 7) is 3.59. The van der Waals surface area contributed by atoms with Crippen molar-refractivity contribution in [3.63, 3.8) is 0 Å². The van der Waals surface area contributed by atoms with Crippen molar-refractivity contribution in [2.45, 2.75) is 13.8 Å². The van der Waals surface area contributed by atoms with Crippen LogP contribution in [0.2, 0.25) is 5.02 Å². The molecule has 0 aliphatic heterocycles. The molecular formula is C13H11BrClFN2. The highest BCUT2D eigenvalue weighted by Gasteiger charge is 2.08. The van der Waals surface area contributed by atoms with Crippen LogP contribution in [0.3, 0.4) is 0 Å². The van der Waals surface area contributed by atoms with E-state index < -0.39 is 0 Å². The van der Waals surface area contributed by atoms with E-state index in [1.807, 2.05) is 13.0 Å². The smallest absolute Gasteiger partial charge is 0.133 e. The molecular weight excluding hydrogens is 319 g/mol. The van der Waals surface area contributed by atoms with Gasteiger partial charge in [-0.25, -0.2) is 9.37 Å². The van der Waals surface area contributed by atoms with Gasteiger partial charge in [-0.1, -0.05) is 11.6 Å². The van der Waals surface area contributed by atoms with Crippen LogP contribution >= 0.6 is 27.5 Å². The molecule has 18 heavy (non-hydrogen) atoms. The summed E-state index contributed by atoms with van der Waals surface area (Å²) in [5.74, 6) is 0.361. The molecule has 0 saturated heterocycles. The molecule has 1 aromatic heterocycles. The van der Waals surface area contributed by atoms with Crippen molar-refractivity contribution in [3.05, 3.63) is 50.8 Å². The molecule has 0 bridgehead atoms. The number of hydrogen-bond donors (Lipinski definition) is 1. The highest BCUT2D eigenvalue weighted by Crippen LogP contribution is 2.29. The van der Waals surface area contributed by atoms with Gasteiger partial charge in [0, 0.05) is 10.7 Å². The fourth-order valence-electron chi connectivity index (χ4n) is 1.54. The third kappa shape index (κ3) is 2.82. The molecule has 5 heteroatoms. The fraction of sp³-hybridized carbons (Fsp3) is 0.154. The maximum absolute atomic E-state index is 13.5. The largest absolute Gasteiger partial charge is 0.339 e. The highest BCUT2D eigenvalue weighted by molar-refractivity contribution is 9.10. The zero-order chi connectivity index (χ0) is 13.3. The number of hydrogen-bond acceptors (Lipinski definition) is 2. The van der Waals surface area contributed by atoms with E-state index in [2.05, 4.69) is 26.2 Å². The Labute approximate surface area is 118 Å². The minimum absolute atomic E-state index is 0.295. The minimum atomic E-state index is -0.295. The van der Waals surface area contributed by atoms with Crippen LogP contribution in [0.5, 0.6) is 0 Å². The number of aryl methyl sites for hydroxylation is 2. The first-order valence-electron chi connectivity index (χ1n) is 5.32. The van der Waals surface area contributed by atoms with Gasteiger partial charge in [0.25, 0.3) is 0 Å². The quantitative estimate of drug-likeness (QED) is 0.839. The number of nitrogens with one attached hydrogen (secondary N) is 1. The molecule has 0 aliphatic carbocycles. The van der Waals surface area contributed by atoms with Gasteiger partial charge in [0.2, 0.25) is 0 Å². The van der Waals surface area contributed by atoms with Crippen molar-refractivity contribution in [1.82, 2.24) is 4.98 Å². The van der Waals surface area contributed by atoms with Gasteiger partial charge >= 0.3 is 0 Å². The number of nitrogens with zero attached hydrogens (tertiary/aromatic N) is 1. The summed E-state index contributed by atoms with van der Waals surface area (Å²) in [6, 6.07) is 4.89. The van der Waals surface area contributed by atoms with Gasteiger partial charge in [-0.3, -0.25) is 0 Å². The van der Waals surface area contributed by atoms with Crippen molar-refractivity contribution < 1.29 is 4.39 Å². The van der Waals surface area contributed by atoms with Gasteiger partial charge < -0.3 is 5.32 Å². The Balaban J connectivity index is 2.37. The lowest BCUT2D eigenvalue weighted by Crippen LogP contribution is -1.98. The zero-order valence-corrected chi connectivity index (χ0v) is 12.2. The summed E-state index contributed by atoms with van der Waals surface area (Å²) in [6.07, 6.45) is 1.67. The van der Waals surface area contributed by atoms with Crippen molar-refractivity contribution >= 4 is 39.0 Å². The first kappa shape index (κ1) is 13.3. The number of benzene rings is 1. The van der Waals surface area contributed by atoms with E-state index in [0.29, 0.717) is 22.1 Å². The molecule has 1 heterocycles. The number of halogens is 3. The van der Waals surface area contributed by atoms with Crippen LogP contribution in [-0.2, 0) is 0 Å². The van der Waals surface area contributed by atoms with Gasteiger partial charge in [-0.15, -0.1) is 0 Å². The molecule has 0 aliphatic rings. The molecule has 0 amide bonds. The fourth-order valence-corrected chi connectivity index (χ4v) is 2.25. The summed E-state index contributed by atoms with van der Waals surface area (Å²) in [5, 5.41) is 3.50. The zero-order valence-electron chi connectivity index (χ0n) is 9.89. The maximum atomic E-state index is 13.5. The topological polar surface area (TPSA) is 24.9 Å². The average molecular weight is 330 g/mol. The van der Waals surface area contributed by atoms with E-state index >= 15 is 0 Å². The lowest BCUT2D eigenvalue weighted by molar-refractivity contribution is 0.619. The molecule has 2 nitrogen and oxygen atoms in total. The molecule has 1 N–H and O–H groups in total. The van der Waals surface area contributed by atoms with Crippen LogP contribution in [-0.4, -0.2) is 4.98 Å². The van der Waals surface area contributed by atoms with Gasteiger partial charge in [0.1, 0.15) is 11.6 Å². The first-order chi connectivity index (χ1) is 8.47. The number of aromatic nitrogens is 1. The molecule has 0 spiro atoms. The summed E-state index contributed by atoms with van der Waals surface area (Å²) in [7, 11) is 0. The lowest BCUT2D eigenvalue weighted by atomic mass is 10.2. The van der Waals surface area contributed by atoms with Crippen molar-refractivity contribution in [2.24, 2.45) is 0 Å². The Morgan fingerprint density at radius 1 is 1.22 bits per heavy atom. The number of pyridine rings is 1. The molecule has 1 aromatic carbocycles. The predicted octanol–water partition coefficient (Wildman–Crippen LogP) is 5.00. The third-order valence-corrected chi connectivity index (χ3v) is 3.29. The van der Waals surface area contributed by atoms with E-state index in [1.165, 1.54) is 6.07 Å².